The SMILES string of the molecule is CCC(C)C=CC#[PH+]. The molecule has 0 fully saturated rings. The first kappa shape index (κ1) is 7.95. The van der Waals surface area contributed by atoms with Gasteiger partial charge in [0.25, 0.3) is 0 Å². The molecule has 0 saturated carbocycles. The van der Waals surface area contributed by atoms with Crippen LogP contribution in [0, 0.1) is 11.5 Å². The summed E-state index contributed by atoms with van der Waals surface area (Å²) < 4.78 is 0. The van der Waals surface area contributed by atoms with E-state index in [1.165, 1.54) is 6.42 Å². The molecule has 0 heterocycles. The van der Waals surface area contributed by atoms with E-state index >= 15 is 0 Å². The summed E-state index contributed by atoms with van der Waals surface area (Å²) >= 11 is 0. The molecule has 0 amide bonds. The summed E-state index contributed by atoms with van der Waals surface area (Å²) in [5, 5.41) is 0. The molecule has 0 aliphatic heterocycles. The van der Waals surface area contributed by atoms with Gasteiger partial charge in [0.1, 0.15) is 0 Å². The first-order chi connectivity index (χ1) is 3.81. The fourth-order valence-electron chi connectivity index (χ4n) is 0.348. The number of hydrogen-bond donors (Lipinski definition) is 0. The van der Waals surface area contributed by atoms with Crippen molar-refractivity contribution in [1.82, 2.24) is 0 Å². The standard InChI is InChI=1S/C7H11P/c1-3-7(2)5-4-6-8/h4-5,7H,3H2,1-2H3/p+1. The van der Waals surface area contributed by atoms with E-state index in [1.54, 1.807) is 0 Å². The van der Waals surface area contributed by atoms with Gasteiger partial charge in [0.15, 0.2) is 0 Å². The second-order valence-electron chi connectivity index (χ2n) is 1.89. The molecule has 0 aliphatic carbocycles. The molecule has 0 radical (unpaired) electrons. The Morgan fingerprint density at radius 1 is 1.75 bits per heavy atom. The van der Waals surface area contributed by atoms with Crippen molar-refractivity contribution >= 4 is 8.70 Å². The molecule has 0 aromatic carbocycles. The van der Waals surface area contributed by atoms with E-state index in [0.717, 1.165) is 0 Å². The van der Waals surface area contributed by atoms with Crippen LogP contribution in [0.1, 0.15) is 20.3 Å². The second kappa shape index (κ2) is 5.09. The minimum absolute atomic E-state index is 0.679. The first-order valence-electron chi connectivity index (χ1n) is 2.90. The molecule has 1 heteroatoms. The zero-order valence-electron chi connectivity index (χ0n) is 5.44. The van der Waals surface area contributed by atoms with Crippen LogP contribution in [0.5, 0.6) is 0 Å². The number of allylic oxidation sites excluding steroid dienone is 2. The van der Waals surface area contributed by atoms with E-state index in [4.69, 9.17) is 0 Å². The maximum absolute atomic E-state index is 3.11. The van der Waals surface area contributed by atoms with Crippen molar-refractivity contribution in [3.8, 4) is 5.63 Å². The van der Waals surface area contributed by atoms with Gasteiger partial charge < -0.3 is 0 Å². The van der Waals surface area contributed by atoms with Crippen LogP contribution in [-0.2, 0) is 0 Å². The summed E-state index contributed by atoms with van der Waals surface area (Å²) in [6, 6.07) is 0. The maximum atomic E-state index is 3.11. The third kappa shape index (κ3) is 4.12. The van der Waals surface area contributed by atoms with Gasteiger partial charge in [-0.15, -0.1) is 0 Å². The van der Waals surface area contributed by atoms with Crippen LogP contribution in [0.2, 0.25) is 0 Å². The fourth-order valence-corrected chi connectivity index (χ4v) is 0.445. The Bertz CT molecular complexity index is 108. The molecule has 0 rings (SSSR count). The van der Waals surface area contributed by atoms with Crippen LogP contribution in [-0.4, -0.2) is 0 Å². The van der Waals surface area contributed by atoms with Crippen molar-refractivity contribution < 1.29 is 0 Å². The van der Waals surface area contributed by atoms with E-state index < -0.39 is 0 Å². The summed E-state index contributed by atoms with van der Waals surface area (Å²) in [4.78, 5) is 0. The molecular weight excluding hydrogens is 115 g/mol. The zero-order valence-corrected chi connectivity index (χ0v) is 6.44. The predicted octanol–water partition coefficient (Wildman–Crippen LogP) is 2.69. The van der Waals surface area contributed by atoms with Crippen molar-refractivity contribution in [3.05, 3.63) is 12.2 Å². The van der Waals surface area contributed by atoms with Crippen molar-refractivity contribution in [2.45, 2.75) is 20.3 Å². The average Bonchev–Trinajstić information content (AvgIpc) is 1.83. The Labute approximate surface area is 53.5 Å². The van der Waals surface area contributed by atoms with Gasteiger partial charge in [0.05, 0.1) is 0 Å². The van der Waals surface area contributed by atoms with Gasteiger partial charge in [-0.25, -0.2) is 0 Å². The summed E-state index contributed by atoms with van der Waals surface area (Å²) in [7, 11) is 3.11. The van der Waals surface area contributed by atoms with Gasteiger partial charge >= 0.3 is 52.7 Å². The Kier molecular flexibility index (Phi) is 5.06. The molecule has 0 N–H and O–H groups in total. The van der Waals surface area contributed by atoms with Crippen LogP contribution >= 0.6 is 8.70 Å². The monoisotopic (exact) mass is 127 g/mol. The molecule has 1 atom stereocenters. The molecule has 0 saturated heterocycles. The van der Waals surface area contributed by atoms with Crippen LogP contribution in [0.15, 0.2) is 12.2 Å². The number of hydrogen-bond acceptors (Lipinski definition) is 0. The van der Waals surface area contributed by atoms with E-state index in [-0.39, 0.29) is 0 Å². The summed E-state index contributed by atoms with van der Waals surface area (Å²) in [5.74, 6) is 0.679. The molecule has 44 valence electrons. The molecule has 8 heavy (non-hydrogen) atoms. The summed E-state index contributed by atoms with van der Waals surface area (Å²) in [5.41, 5.74) is 2.76. The van der Waals surface area contributed by atoms with Crippen LogP contribution < -0.4 is 0 Å². The molecule has 0 nitrogen and oxygen atoms in total. The van der Waals surface area contributed by atoms with Gasteiger partial charge in [-0.05, 0) is 0 Å². The third-order valence-corrected chi connectivity index (χ3v) is 1.32. The molecule has 0 aromatic rings. The molecule has 1 unspecified atom stereocenters. The average molecular weight is 127 g/mol. The van der Waals surface area contributed by atoms with Crippen LogP contribution in [0.4, 0.5) is 0 Å². The molecule has 0 aliphatic rings. The summed E-state index contributed by atoms with van der Waals surface area (Å²) in [6.07, 6.45) is 5.21. The zero-order chi connectivity index (χ0) is 6.41. The predicted molar refractivity (Wildman–Crippen MR) is 40.8 cm³/mol. The quantitative estimate of drug-likeness (QED) is 0.500. The van der Waals surface area contributed by atoms with E-state index in [9.17, 15) is 0 Å². The second-order valence-corrected chi connectivity index (χ2v) is 2.18. The van der Waals surface area contributed by atoms with E-state index in [0.29, 0.717) is 5.92 Å². The Balaban J connectivity index is 3.40. The van der Waals surface area contributed by atoms with Gasteiger partial charge in [0.2, 0.25) is 0 Å². The topological polar surface area (TPSA) is 0 Å². The van der Waals surface area contributed by atoms with Crippen molar-refractivity contribution in [1.29, 1.82) is 0 Å². The molecular formula is C7H12P+. The van der Waals surface area contributed by atoms with Gasteiger partial charge in [-0.1, -0.05) is 0 Å². The van der Waals surface area contributed by atoms with Crippen molar-refractivity contribution in [2.24, 2.45) is 5.92 Å². The normalized spacial score (nSPS) is 13.6. The van der Waals surface area contributed by atoms with Crippen LogP contribution in [0.25, 0.3) is 0 Å². The molecule has 0 spiro atoms. The van der Waals surface area contributed by atoms with Gasteiger partial charge in [-0.3, -0.25) is 0 Å². The Morgan fingerprint density at radius 3 is 2.75 bits per heavy atom. The number of rotatable bonds is 2. The van der Waals surface area contributed by atoms with Crippen molar-refractivity contribution in [3.63, 3.8) is 0 Å². The van der Waals surface area contributed by atoms with Gasteiger partial charge in [-0.2, -0.15) is 0 Å². The minimum atomic E-state index is 0.679. The van der Waals surface area contributed by atoms with Crippen LogP contribution in [0.3, 0.4) is 0 Å². The van der Waals surface area contributed by atoms with Gasteiger partial charge in [0, 0.05) is 0 Å². The first-order valence-corrected chi connectivity index (χ1v) is 3.40. The summed E-state index contributed by atoms with van der Waals surface area (Å²) in [6.45, 7) is 4.35. The Hall–Kier alpha value is -0.0500. The molecule has 0 bridgehead atoms. The van der Waals surface area contributed by atoms with Crippen molar-refractivity contribution in [2.75, 3.05) is 0 Å². The Morgan fingerprint density at radius 2 is 2.38 bits per heavy atom. The fraction of sp³-hybridized carbons (Fsp3) is 0.571. The van der Waals surface area contributed by atoms with E-state index in [2.05, 4.69) is 34.2 Å². The van der Waals surface area contributed by atoms with E-state index in [1.807, 2.05) is 6.08 Å². The third-order valence-electron chi connectivity index (χ3n) is 1.15. The molecule has 0 aromatic heterocycles.